The van der Waals surface area contributed by atoms with Gasteiger partial charge in [-0.3, -0.25) is 4.79 Å². The Morgan fingerprint density at radius 2 is 1.94 bits per heavy atom. The lowest BCUT2D eigenvalue weighted by Crippen LogP contribution is -2.56. The van der Waals surface area contributed by atoms with Crippen molar-refractivity contribution in [2.45, 2.75) is 104 Å². The van der Waals surface area contributed by atoms with E-state index in [1.165, 1.54) is 18.1 Å². The Morgan fingerprint density at radius 3 is 2.57 bits per heavy atom. The second kappa shape index (κ2) is 11.8. The largest absolute Gasteiger partial charge is 0.493 e. The van der Waals surface area contributed by atoms with Crippen LogP contribution in [0.5, 0.6) is 11.5 Å². The lowest BCUT2D eigenvalue weighted by atomic mass is 9.70. The van der Waals surface area contributed by atoms with Gasteiger partial charge in [-0.2, -0.15) is 0 Å². The second-order valence-corrected chi connectivity index (χ2v) is 10.4. The van der Waals surface area contributed by atoms with Crippen molar-refractivity contribution in [2.24, 2.45) is 5.92 Å². The monoisotopic (exact) mass is 490 g/mol. The number of carbonyl (C=O) groups excluding carboxylic acids is 1. The minimum atomic E-state index is -1.34. The van der Waals surface area contributed by atoms with E-state index in [4.69, 9.17) is 18.9 Å². The van der Waals surface area contributed by atoms with Gasteiger partial charge in [0.15, 0.2) is 23.7 Å². The molecule has 196 valence electrons. The summed E-state index contributed by atoms with van der Waals surface area (Å²) < 4.78 is 22.8. The summed E-state index contributed by atoms with van der Waals surface area (Å²) in [7, 11) is 1.64. The standard InChI is InChI=1S/C28H42O7/c1-15(2)9-8-10-16(3)20-12-11-17(4)23-21(20)13-18(5)25(27(23)32-7)35-28-24(31)26(34-19(6)29)22(30)14-33-28/h9,13,16-17,20,22,24,26,28,30-31H,8,10-12,14H2,1-7H3/t16-,17-,20+,22-,24-,26+,28+/m0/s1. The van der Waals surface area contributed by atoms with Gasteiger partial charge >= 0.3 is 5.97 Å². The number of aryl methyl sites for hydroxylation is 1. The fraction of sp³-hybridized carbons (Fsp3) is 0.679. The van der Waals surface area contributed by atoms with E-state index in [0.29, 0.717) is 29.3 Å². The van der Waals surface area contributed by atoms with E-state index in [0.717, 1.165) is 36.8 Å². The Labute approximate surface area is 209 Å². The molecule has 0 spiro atoms. The number of aliphatic hydroxyl groups is 2. The summed E-state index contributed by atoms with van der Waals surface area (Å²) in [5, 5.41) is 20.9. The van der Waals surface area contributed by atoms with E-state index < -0.39 is 30.6 Å². The molecule has 0 amide bonds. The molecule has 1 aliphatic heterocycles. The predicted molar refractivity (Wildman–Crippen MR) is 134 cm³/mol. The van der Waals surface area contributed by atoms with E-state index in [2.05, 4.69) is 39.8 Å². The summed E-state index contributed by atoms with van der Waals surface area (Å²) in [6.07, 6.45) is 2.01. The maximum Gasteiger partial charge on any atom is 0.303 e. The molecule has 1 saturated heterocycles. The topological polar surface area (TPSA) is 94.5 Å². The van der Waals surface area contributed by atoms with Crippen LogP contribution in [-0.2, 0) is 14.3 Å². The Morgan fingerprint density at radius 1 is 1.23 bits per heavy atom. The molecule has 35 heavy (non-hydrogen) atoms. The number of allylic oxidation sites excluding steroid dienone is 2. The summed E-state index contributed by atoms with van der Waals surface area (Å²) in [5.74, 6) is 1.86. The number of hydrogen-bond donors (Lipinski definition) is 2. The van der Waals surface area contributed by atoms with Gasteiger partial charge in [-0.15, -0.1) is 0 Å². The molecule has 7 nitrogen and oxygen atoms in total. The average Bonchev–Trinajstić information content (AvgIpc) is 2.78. The molecule has 0 bridgehead atoms. The molecule has 1 heterocycles. The maximum atomic E-state index is 11.5. The molecular formula is C28H42O7. The van der Waals surface area contributed by atoms with Gasteiger partial charge in [-0.25, -0.2) is 0 Å². The van der Waals surface area contributed by atoms with Crippen LogP contribution in [-0.4, -0.2) is 54.5 Å². The van der Waals surface area contributed by atoms with Crippen LogP contribution in [0.4, 0.5) is 0 Å². The molecule has 0 aromatic heterocycles. The maximum absolute atomic E-state index is 11.5. The van der Waals surface area contributed by atoms with Gasteiger partial charge in [0.25, 0.3) is 0 Å². The fourth-order valence-electron chi connectivity index (χ4n) is 5.46. The highest BCUT2D eigenvalue weighted by Crippen LogP contribution is 2.51. The first-order valence-corrected chi connectivity index (χ1v) is 12.7. The molecule has 1 aromatic carbocycles. The number of ether oxygens (including phenoxy) is 4. The first-order chi connectivity index (χ1) is 16.5. The molecule has 3 rings (SSSR count). The molecule has 7 atom stereocenters. The van der Waals surface area contributed by atoms with Gasteiger partial charge < -0.3 is 29.2 Å². The minimum Gasteiger partial charge on any atom is -0.493 e. The summed E-state index contributed by atoms with van der Waals surface area (Å²) >= 11 is 0. The number of methoxy groups -OCH3 is 1. The van der Waals surface area contributed by atoms with Crippen molar-refractivity contribution in [1.29, 1.82) is 0 Å². The number of benzene rings is 1. The second-order valence-electron chi connectivity index (χ2n) is 10.4. The smallest absolute Gasteiger partial charge is 0.303 e. The van der Waals surface area contributed by atoms with Crippen molar-refractivity contribution >= 4 is 5.97 Å². The van der Waals surface area contributed by atoms with Crippen molar-refractivity contribution in [3.05, 3.63) is 34.4 Å². The van der Waals surface area contributed by atoms with Crippen LogP contribution < -0.4 is 9.47 Å². The molecule has 0 unspecified atom stereocenters. The Hall–Kier alpha value is -2.09. The van der Waals surface area contributed by atoms with Crippen LogP contribution in [0.3, 0.4) is 0 Å². The number of hydrogen-bond acceptors (Lipinski definition) is 7. The molecule has 7 heteroatoms. The highest BCUT2D eigenvalue weighted by atomic mass is 16.7. The van der Waals surface area contributed by atoms with Crippen LogP contribution in [0.25, 0.3) is 0 Å². The minimum absolute atomic E-state index is 0.117. The van der Waals surface area contributed by atoms with E-state index in [-0.39, 0.29) is 6.61 Å². The Kier molecular flexibility index (Phi) is 9.24. The van der Waals surface area contributed by atoms with E-state index in [9.17, 15) is 15.0 Å². The zero-order valence-electron chi connectivity index (χ0n) is 22.2. The summed E-state index contributed by atoms with van der Waals surface area (Å²) in [6.45, 7) is 11.9. The SMILES string of the molecule is COc1c(O[C@H]2OC[C@H](O)[C@@H](OC(C)=O)[C@@H]2O)c(C)cc2c1[C@@H](C)CC[C@@H]2[C@@H](C)CCC=C(C)C. The molecule has 1 fully saturated rings. The highest BCUT2D eigenvalue weighted by molar-refractivity contribution is 5.66. The van der Waals surface area contributed by atoms with Crippen LogP contribution >= 0.6 is 0 Å². The van der Waals surface area contributed by atoms with Crippen molar-refractivity contribution in [3.63, 3.8) is 0 Å². The normalized spacial score (nSPS) is 29.1. The fourth-order valence-corrected chi connectivity index (χ4v) is 5.46. The van der Waals surface area contributed by atoms with Gasteiger partial charge in [-0.05, 0) is 75.3 Å². The molecule has 0 radical (unpaired) electrons. The van der Waals surface area contributed by atoms with E-state index >= 15 is 0 Å². The van der Waals surface area contributed by atoms with Crippen LogP contribution in [0.1, 0.15) is 88.8 Å². The van der Waals surface area contributed by atoms with Gasteiger partial charge in [-0.1, -0.05) is 31.6 Å². The molecular weight excluding hydrogens is 448 g/mol. The number of carbonyl (C=O) groups is 1. The molecule has 1 aromatic rings. The van der Waals surface area contributed by atoms with E-state index in [1.807, 2.05) is 6.92 Å². The highest BCUT2D eigenvalue weighted by Gasteiger charge is 2.43. The van der Waals surface area contributed by atoms with E-state index in [1.54, 1.807) is 7.11 Å². The van der Waals surface area contributed by atoms with Crippen LogP contribution in [0, 0.1) is 12.8 Å². The predicted octanol–water partition coefficient (Wildman–Crippen LogP) is 4.76. The quantitative estimate of drug-likeness (QED) is 0.401. The average molecular weight is 491 g/mol. The van der Waals surface area contributed by atoms with Crippen molar-refractivity contribution in [3.8, 4) is 11.5 Å². The lowest BCUT2D eigenvalue weighted by Gasteiger charge is -2.39. The van der Waals surface area contributed by atoms with Crippen molar-refractivity contribution in [2.75, 3.05) is 13.7 Å². The Balaban J connectivity index is 1.92. The number of aliphatic hydroxyl groups excluding tert-OH is 2. The number of esters is 1. The zero-order chi connectivity index (χ0) is 25.9. The lowest BCUT2D eigenvalue weighted by molar-refractivity contribution is -0.249. The van der Waals surface area contributed by atoms with Crippen LogP contribution in [0.2, 0.25) is 0 Å². The zero-order valence-corrected chi connectivity index (χ0v) is 22.2. The summed E-state index contributed by atoms with van der Waals surface area (Å²) in [4.78, 5) is 11.5. The van der Waals surface area contributed by atoms with Crippen molar-refractivity contribution in [1.82, 2.24) is 0 Å². The number of fused-ring (bicyclic) bond motifs is 1. The van der Waals surface area contributed by atoms with Gasteiger partial charge in [0.2, 0.25) is 6.29 Å². The Bertz CT molecular complexity index is 920. The number of rotatable bonds is 8. The third-order valence-electron chi connectivity index (χ3n) is 7.32. The van der Waals surface area contributed by atoms with Crippen LogP contribution in [0.15, 0.2) is 17.7 Å². The summed E-state index contributed by atoms with van der Waals surface area (Å²) in [5.41, 5.74) is 4.71. The first kappa shape index (κ1) is 27.5. The third kappa shape index (κ3) is 6.19. The van der Waals surface area contributed by atoms with Gasteiger partial charge in [0, 0.05) is 12.5 Å². The molecule has 2 aliphatic rings. The molecule has 2 N–H and O–H groups in total. The van der Waals surface area contributed by atoms with Gasteiger partial charge in [0.1, 0.15) is 6.10 Å². The first-order valence-electron chi connectivity index (χ1n) is 12.7. The van der Waals surface area contributed by atoms with Gasteiger partial charge in [0.05, 0.1) is 13.7 Å². The molecule has 0 saturated carbocycles. The van der Waals surface area contributed by atoms with Crippen molar-refractivity contribution < 1.29 is 34.0 Å². The third-order valence-corrected chi connectivity index (χ3v) is 7.32. The molecule has 1 aliphatic carbocycles. The summed E-state index contributed by atoms with van der Waals surface area (Å²) in [6, 6.07) is 2.19.